The molecule has 0 spiro atoms. The summed E-state index contributed by atoms with van der Waals surface area (Å²) in [6, 6.07) is 3.29. The average molecular weight is 280 g/mol. The van der Waals surface area contributed by atoms with Gasteiger partial charge in [-0.1, -0.05) is 16.1 Å². The lowest BCUT2D eigenvalue weighted by molar-refractivity contribution is -0.108. The molecular formula is C10H11ClFNO3S. The van der Waals surface area contributed by atoms with E-state index in [4.69, 9.17) is 16.4 Å². The van der Waals surface area contributed by atoms with Crippen molar-refractivity contribution in [2.45, 2.75) is 17.7 Å². The van der Waals surface area contributed by atoms with Crippen molar-refractivity contribution in [2.24, 2.45) is 0 Å². The SMILES string of the molecule is O=S(=O)(c1ccc(F)c(Cl)c1)N1CCCCO1. The third kappa shape index (κ3) is 2.60. The van der Waals surface area contributed by atoms with E-state index in [9.17, 15) is 12.8 Å². The molecule has 1 heterocycles. The summed E-state index contributed by atoms with van der Waals surface area (Å²) < 4.78 is 38.0. The van der Waals surface area contributed by atoms with Crippen LogP contribution in [0.15, 0.2) is 23.1 Å². The number of hydrogen-bond acceptors (Lipinski definition) is 3. The van der Waals surface area contributed by atoms with Crippen LogP contribution < -0.4 is 0 Å². The van der Waals surface area contributed by atoms with Gasteiger partial charge in [-0.25, -0.2) is 12.8 Å². The number of hydrogen-bond donors (Lipinski definition) is 0. The molecule has 0 amide bonds. The lowest BCUT2D eigenvalue weighted by Gasteiger charge is -2.25. The number of sulfonamides is 1. The molecule has 0 unspecified atom stereocenters. The summed E-state index contributed by atoms with van der Waals surface area (Å²) in [5.74, 6) is -0.648. The molecule has 0 aromatic heterocycles. The van der Waals surface area contributed by atoms with Crippen LogP contribution in [0.3, 0.4) is 0 Å². The lowest BCUT2D eigenvalue weighted by atomic mass is 10.3. The van der Waals surface area contributed by atoms with Crippen molar-refractivity contribution in [1.29, 1.82) is 0 Å². The zero-order chi connectivity index (χ0) is 12.5. The van der Waals surface area contributed by atoms with Crippen molar-refractivity contribution in [3.63, 3.8) is 0 Å². The van der Waals surface area contributed by atoms with Crippen molar-refractivity contribution < 1.29 is 17.6 Å². The van der Waals surface area contributed by atoms with Gasteiger partial charge >= 0.3 is 0 Å². The van der Waals surface area contributed by atoms with Crippen molar-refractivity contribution in [3.8, 4) is 0 Å². The fourth-order valence-corrected chi connectivity index (χ4v) is 3.09. The first-order valence-corrected chi connectivity index (χ1v) is 6.94. The van der Waals surface area contributed by atoms with Crippen LogP contribution >= 0.6 is 11.6 Å². The summed E-state index contributed by atoms with van der Waals surface area (Å²) in [6.45, 7) is 0.672. The molecule has 0 radical (unpaired) electrons. The minimum Gasteiger partial charge on any atom is -0.284 e. The Kier molecular flexibility index (Phi) is 3.67. The Hall–Kier alpha value is -0.690. The molecule has 2 rings (SSSR count). The topological polar surface area (TPSA) is 46.6 Å². The highest BCUT2D eigenvalue weighted by atomic mass is 35.5. The van der Waals surface area contributed by atoms with Gasteiger partial charge in [0.15, 0.2) is 0 Å². The maximum atomic E-state index is 13.0. The van der Waals surface area contributed by atoms with Gasteiger partial charge in [0, 0.05) is 6.54 Å². The Labute approximate surface area is 104 Å². The van der Waals surface area contributed by atoms with E-state index in [0.29, 0.717) is 13.2 Å². The van der Waals surface area contributed by atoms with E-state index in [0.717, 1.165) is 29.4 Å². The summed E-state index contributed by atoms with van der Waals surface area (Å²) in [4.78, 5) is 5.01. The zero-order valence-electron chi connectivity index (χ0n) is 8.90. The summed E-state index contributed by atoms with van der Waals surface area (Å²) in [7, 11) is -3.74. The van der Waals surface area contributed by atoms with E-state index in [1.54, 1.807) is 0 Å². The minimum atomic E-state index is -3.74. The number of rotatable bonds is 2. The Bertz CT molecular complexity index is 514. The predicted octanol–water partition coefficient (Wildman–Crippen LogP) is 2.20. The molecule has 1 saturated heterocycles. The molecule has 4 nitrogen and oxygen atoms in total. The van der Waals surface area contributed by atoms with Crippen LogP contribution in [0.2, 0.25) is 5.02 Å². The van der Waals surface area contributed by atoms with Crippen LogP contribution in [-0.2, 0) is 14.9 Å². The molecule has 1 aliphatic rings. The van der Waals surface area contributed by atoms with Gasteiger partial charge in [0.25, 0.3) is 10.0 Å². The first-order chi connectivity index (χ1) is 8.01. The Morgan fingerprint density at radius 3 is 2.71 bits per heavy atom. The van der Waals surface area contributed by atoms with Crippen molar-refractivity contribution in [3.05, 3.63) is 29.0 Å². The van der Waals surface area contributed by atoms with E-state index in [2.05, 4.69) is 0 Å². The first kappa shape index (κ1) is 12.8. The quantitative estimate of drug-likeness (QED) is 0.834. The van der Waals surface area contributed by atoms with Gasteiger partial charge in [0.05, 0.1) is 16.5 Å². The normalized spacial score (nSPS) is 18.2. The number of hydroxylamine groups is 1. The van der Waals surface area contributed by atoms with E-state index >= 15 is 0 Å². The average Bonchev–Trinajstić information content (AvgIpc) is 2.33. The maximum Gasteiger partial charge on any atom is 0.265 e. The van der Waals surface area contributed by atoms with Crippen LogP contribution in [0.25, 0.3) is 0 Å². The van der Waals surface area contributed by atoms with E-state index in [1.165, 1.54) is 6.07 Å². The van der Waals surface area contributed by atoms with Gasteiger partial charge in [-0.15, -0.1) is 0 Å². The van der Waals surface area contributed by atoms with Gasteiger partial charge < -0.3 is 0 Å². The van der Waals surface area contributed by atoms with Gasteiger partial charge in [0.2, 0.25) is 0 Å². The monoisotopic (exact) mass is 279 g/mol. The molecule has 0 aliphatic carbocycles. The van der Waals surface area contributed by atoms with Crippen LogP contribution in [-0.4, -0.2) is 26.0 Å². The molecule has 94 valence electrons. The second kappa shape index (κ2) is 4.89. The molecule has 1 aromatic carbocycles. The largest absolute Gasteiger partial charge is 0.284 e. The highest BCUT2D eigenvalue weighted by molar-refractivity contribution is 7.89. The van der Waals surface area contributed by atoms with Crippen LogP contribution in [0.5, 0.6) is 0 Å². The third-order valence-electron chi connectivity index (χ3n) is 2.43. The van der Waals surface area contributed by atoms with Gasteiger partial charge in [0.1, 0.15) is 5.82 Å². The molecule has 1 fully saturated rings. The van der Waals surface area contributed by atoms with Crippen molar-refractivity contribution >= 4 is 21.6 Å². The third-order valence-corrected chi connectivity index (χ3v) is 4.39. The second-order valence-electron chi connectivity index (χ2n) is 3.65. The molecule has 0 bridgehead atoms. The molecular weight excluding hydrogens is 269 g/mol. The van der Waals surface area contributed by atoms with Crippen LogP contribution in [0, 0.1) is 5.82 Å². The summed E-state index contributed by atoms with van der Waals surface area (Å²) in [5.41, 5.74) is 0. The molecule has 1 aliphatic heterocycles. The fraction of sp³-hybridized carbons (Fsp3) is 0.400. The Morgan fingerprint density at radius 1 is 1.35 bits per heavy atom. The highest BCUT2D eigenvalue weighted by Crippen LogP contribution is 2.24. The number of nitrogens with zero attached hydrogens (tertiary/aromatic N) is 1. The van der Waals surface area contributed by atoms with Gasteiger partial charge in [-0.05, 0) is 31.0 Å². The van der Waals surface area contributed by atoms with Crippen LogP contribution in [0.1, 0.15) is 12.8 Å². The van der Waals surface area contributed by atoms with Crippen molar-refractivity contribution in [1.82, 2.24) is 4.47 Å². The van der Waals surface area contributed by atoms with E-state index in [1.807, 2.05) is 0 Å². The standard InChI is InChI=1S/C10H11ClFNO3S/c11-9-7-8(3-4-10(9)12)17(14,15)13-5-1-2-6-16-13/h3-4,7H,1-2,5-6H2. The predicted molar refractivity (Wildman–Crippen MR) is 60.5 cm³/mol. The Morgan fingerprint density at radius 2 is 2.12 bits per heavy atom. The smallest absolute Gasteiger partial charge is 0.265 e. The molecule has 0 atom stereocenters. The van der Waals surface area contributed by atoms with Crippen LogP contribution in [0.4, 0.5) is 4.39 Å². The summed E-state index contributed by atoms with van der Waals surface area (Å²) >= 11 is 5.56. The molecule has 17 heavy (non-hydrogen) atoms. The highest BCUT2D eigenvalue weighted by Gasteiger charge is 2.27. The molecule has 1 aromatic rings. The molecule has 0 N–H and O–H groups in total. The van der Waals surface area contributed by atoms with Crippen molar-refractivity contribution in [2.75, 3.05) is 13.2 Å². The summed E-state index contributed by atoms with van der Waals surface area (Å²) in [5, 5.41) is -0.219. The fourth-order valence-electron chi connectivity index (χ4n) is 1.52. The number of benzene rings is 1. The van der Waals surface area contributed by atoms with E-state index < -0.39 is 15.8 Å². The number of halogens is 2. The first-order valence-electron chi connectivity index (χ1n) is 5.12. The minimum absolute atomic E-state index is 0.0641. The lowest BCUT2D eigenvalue weighted by Crippen LogP contribution is -2.35. The Balaban J connectivity index is 2.33. The second-order valence-corrected chi connectivity index (χ2v) is 5.88. The maximum absolute atomic E-state index is 13.0. The van der Waals surface area contributed by atoms with E-state index in [-0.39, 0.29) is 9.92 Å². The molecule has 7 heteroatoms. The summed E-state index contributed by atoms with van der Waals surface area (Å²) in [6.07, 6.45) is 1.57. The zero-order valence-corrected chi connectivity index (χ0v) is 10.5. The molecule has 0 saturated carbocycles. The van der Waals surface area contributed by atoms with Gasteiger partial charge in [-0.2, -0.15) is 0 Å². The van der Waals surface area contributed by atoms with Gasteiger partial charge in [-0.3, -0.25) is 4.84 Å².